The molecule has 1 N–H and O–H groups in total. The smallest absolute Gasteiger partial charge is 0.322 e. The number of nitrogens with one attached hydrogen (secondary N) is 1. The number of nitro groups is 1. The van der Waals surface area contributed by atoms with Gasteiger partial charge >= 0.3 is 6.03 Å². The number of non-ortho nitro benzene ring substituents is 1. The van der Waals surface area contributed by atoms with E-state index in [0.717, 1.165) is 24.1 Å². The van der Waals surface area contributed by atoms with Crippen molar-refractivity contribution < 1.29 is 14.5 Å². The summed E-state index contributed by atoms with van der Waals surface area (Å²) in [6.07, 6.45) is 3.63. The normalized spacial score (nSPS) is 12.7. The average molecular weight is 462 g/mol. The number of anilines is 1. The van der Waals surface area contributed by atoms with Crippen molar-refractivity contribution in [1.29, 1.82) is 0 Å². The highest BCUT2D eigenvalue weighted by molar-refractivity contribution is 5.93. The molecular weight excluding hydrogens is 434 g/mol. The molecule has 0 aliphatic heterocycles. The first kappa shape index (κ1) is 23.0. The van der Waals surface area contributed by atoms with Crippen molar-refractivity contribution in [2.45, 2.75) is 32.0 Å². The van der Waals surface area contributed by atoms with Crippen LogP contribution < -0.4 is 5.32 Å². The number of benzene rings is 2. The molecule has 1 aliphatic carbocycles. The van der Waals surface area contributed by atoms with E-state index in [4.69, 9.17) is 0 Å². The minimum atomic E-state index is -0.491. The van der Waals surface area contributed by atoms with Gasteiger partial charge in [-0.15, -0.1) is 0 Å². The standard InChI is InChI=1S/C25H27N5O4/c1-27-15-5-8-23(27)17-28(16-19-6-3-2-4-7-19)24(31)18-29(21-13-14-21)25(32)26-20-9-11-22(12-10-20)30(33)34/h2-12,15,21H,13-14,16-18H2,1H3,(H,26,32). The Kier molecular flexibility index (Phi) is 6.91. The van der Waals surface area contributed by atoms with Gasteiger partial charge in [0.05, 0.1) is 11.5 Å². The number of carbonyl (C=O) groups excluding carboxylic acids is 2. The second kappa shape index (κ2) is 10.2. The molecule has 176 valence electrons. The van der Waals surface area contributed by atoms with Gasteiger partial charge in [-0.25, -0.2) is 4.79 Å². The van der Waals surface area contributed by atoms with E-state index in [1.54, 1.807) is 9.80 Å². The molecule has 1 saturated carbocycles. The molecule has 34 heavy (non-hydrogen) atoms. The Morgan fingerprint density at radius 2 is 1.74 bits per heavy atom. The quantitative estimate of drug-likeness (QED) is 0.382. The second-order valence-corrected chi connectivity index (χ2v) is 8.44. The van der Waals surface area contributed by atoms with Gasteiger partial charge < -0.3 is 19.7 Å². The molecule has 1 heterocycles. The van der Waals surface area contributed by atoms with Gasteiger partial charge in [0, 0.05) is 49.3 Å². The Morgan fingerprint density at radius 1 is 1.03 bits per heavy atom. The van der Waals surface area contributed by atoms with Gasteiger partial charge in [-0.05, 0) is 42.7 Å². The van der Waals surface area contributed by atoms with Gasteiger partial charge in [0.2, 0.25) is 5.91 Å². The highest BCUT2D eigenvalue weighted by Gasteiger charge is 2.35. The summed E-state index contributed by atoms with van der Waals surface area (Å²) in [5, 5.41) is 13.6. The van der Waals surface area contributed by atoms with Crippen molar-refractivity contribution in [2.75, 3.05) is 11.9 Å². The lowest BCUT2D eigenvalue weighted by Gasteiger charge is -2.28. The van der Waals surface area contributed by atoms with Crippen LogP contribution in [0.5, 0.6) is 0 Å². The van der Waals surface area contributed by atoms with E-state index in [2.05, 4.69) is 5.32 Å². The van der Waals surface area contributed by atoms with Crippen LogP contribution in [0, 0.1) is 10.1 Å². The van der Waals surface area contributed by atoms with Crippen LogP contribution in [0.2, 0.25) is 0 Å². The minimum Gasteiger partial charge on any atom is -0.353 e. The lowest BCUT2D eigenvalue weighted by Crippen LogP contribution is -2.45. The van der Waals surface area contributed by atoms with Crippen molar-refractivity contribution in [3.8, 4) is 0 Å². The number of hydrogen-bond acceptors (Lipinski definition) is 4. The lowest BCUT2D eigenvalue weighted by molar-refractivity contribution is -0.384. The zero-order valence-corrected chi connectivity index (χ0v) is 19.0. The van der Waals surface area contributed by atoms with E-state index >= 15 is 0 Å². The number of nitrogens with zero attached hydrogens (tertiary/aromatic N) is 4. The third-order valence-electron chi connectivity index (χ3n) is 5.86. The summed E-state index contributed by atoms with van der Waals surface area (Å²) in [6, 6.07) is 19.0. The summed E-state index contributed by atoms with van der Waals surface area (Å²) in [5.41, 5.74) is 2.40. The van der Waals surface area contributed by atoms with Crippen LogP contribution in [-0.2, 0) is 24.9 Å². The summed E-state index contributed by atoms with van der Waals surface area (Å²) in [6.45, 7) is 0.827. The summed E-state index contributed by atoms with van der Waals surface area (Å²) >= 11 is 0. The fourth-order valence-corrected chi connectivity index (χ4v) is 3.75. The van der Waals surface area contributed by atoms with E-state index in [9.17, 15) is 19.7 Å². The van der Waals surface area contributed by atoms with Gasteiger partial charge in [-0.3, -0.25) is 14.9 Å². The first-order valence-corrected chi connectivity index (χ1v) is 11.1. The number of hydrogen-bond donors (Lipinski definition) is 1. The predicted molar refractivity (Wildman–Crippen MR) is 128 cm³/mol. The number of nitro benzene ring substituents is 1. The maximum atomic E-state index is 13.4. The highest BCUT2D eigenvalue weighted by atomic mass is 16.6. The summed E-state index contributed by atoms with van der Waals surface area (Å²) < 4.78 is 1.98. The van der Waals surface area contributed by atoms with Crippen LogP contribution >= 0.6 is 0 Å². The summed E-state index contributed by atoms with van der Waals surface area (Å²) in [5.74, 6) is -0.143. The van der Waals surface area contributed by atoms with Crippen LogP contribution in [0.3, 0.4) is 0 Å². The Hall–Kier alpha value is -4.14. The molecule has 0 radical (unpaired) electrons. The maximum Gasteiger partial charge on any atom is 0.322 e. The number of aryl methyl sites for hydroxylation is 1. The topological polar surface area (TPSA) is 101 Å². The Morgan fingerprint density at radius 3 is 2.32 bits per heavy atom. The van der Waals surface area contributed by atoms with E-state index in [0.29, 0.717) is 18.8 Å². The van der Waals surface area contributed by atoms with Crippen LogP contribution in [0.25, 0.3) is 0 Å². The monoisotopic (exact) mass is 461 g/mol. The Labute approximate surface area is 197 Å². The van der Waals surface area contributed by atoms with Gasteiger partial charge in [0.25, 0.3) is 5.69 Å². The summed E-state index contributed by atoms with van der Waals surface area (Å²) in [7, 11) is 1.94. The van der Waals surface area contributed by atoms with Gasteiger partial charge in [0.15, 0.2) is 0 Å². The Balaban J connectivity index is 1.47. The van der Waals surface area contributed by atoms with Crippen molar-refractivity contribution in [3.63, 3.8) is 0 Å². The van der Waals surface area contributed by atoms with Crippen molar-refractivity contribution >= 4 is 23.3 Å². The number of amides is 3. The molecule has 0 spiro atoms. The predicted octanol–water partition coefficient (Wildman–Crippen LogP) is 4.16. The molecule has 9 nitrogen and oxygen atoms in total. The SMILES string of the molecule is Cn1cccc1CN(Cc1ccccc1)C(=O)CN(C(=O)Nc1ccc([N+](=O)[O-])cc1)C1CC1. The largest absolute Gasteiger partial charge is 0.353 e. The van der Waals surface area contributed by atoms with Crippen molar-refractivity contribution in [3.05, 3.63) is 94.3 Å². The molecule has 9 heteroatoms. The number of carbonyl (C=O) groups is 2. The maximum absolute atomic E-state index is 13.4. The second-order valence-electron chi connectivity index (χ2n) is 8.44. The van der Waals surface area contributed by atoms with Gasteiger partial charge in [-0.1, -0.05) is 30.3 Å². The zero-order chi connectivity index (χ0) is 24.1. The molecule has 0 bridgehead atoms. The molecule has 4 rings (SSSR count). The third kappa shape index (κ3) is 5.80. The molecule has 1 fully saturated rings. The van der Waals surface area contributed by atoms with Crippen LogP contribution in [-0.4, -0.2) is 43.8 Å². The fourth-order valence-electron chi connectivity index (χ4n) is 3.75. The molecule has 3 aromatic rings. The minimum absolute atomic E-state index is 0.00982. The zero-order valence-electron chi connectivity index (χ0n) is 19.0. The molecule has 0 saturated heterocycles. The van der Waals surface area contributed by atoms with Gasteiger partial charge in [0.1, 0.15) is 6.54 Å². The first-order chi connectivity index (χ1) is 16.4. The highest BCUT2D eigenvalue weighted by Crippen LogP contribution is 2.28. The molecule has 0 unspecified atom stereocenters. The van der Waals surface area contributed by atoms with Crippen molar-refractivity contribution in [1.82, 2.24) is 14.4 Å². The first-order valence-electron chi connectivity index (χ1n) is 11.1. The molecule has 0 atom stereocenters. The molecular formula is C25H27N5O4. The lowest BCUT2D eigenvalue weighted by atomic mass is 10.2. The van der Waals surface area contributed by atoms with E-state index in [-0.39, 0.29) is 30.2 Å². The average Bonchev–Trinajstić information content (AvgIpc) is 3.59. The van der Waals surface area contributed by atoms with E-state index < -0.39 is 4.92 Å². The molecule has 1 aromatic heterocycles. The number of aromatic nitrogens is 1. The fraction of sp³-hybridized carbons (Fsp3) is 0.280. The number of urea groups is 1. The van der Waals surface area contributed by atoms with E-state index in [1.807, 2.05) is 60.3 Å². The number of rotatable bonds is 9. The molecule has 1 aliphatic rings. The van der Waals surface area contributed by atoms with Crippen LogP contribution in [0.4, 0.5) is 16.2 Å². The molecule has 2 aromatic carbocycles. The Bertz CT molecular complexity index is 1160. The summed E-state index contributed by atoms with van der Waals surface area (Å²) in [4.78, 5) is 40.1. The van der Waals surface area contributed by atoms with Crippen LogP contribution in [0.1, 0.15) is 24.1 Å². The van der Waals surface area contributed by atoms with Crippen LogP contribution in [0.15, 0.2) is 72.9 Å². The van der Waals surface area contributed by atoms with Crippen molar-refractivity contribution in [2.24, 2.45) is 7.05 Å². The molecule has 3 amide bonds. The van der Waals surface area contributed by atoms with E-state index in [1.165, 1.54) is 24.3 Å². The van der Waals surface area contributed by atoms with Gasteiger partial charge in [-0.2, -0.15) is 0 Å². The third-order valence-corrected chi connectivity index (χ3v) is 5.86.